The fraction of sp³-hybridized carbons (Fsp3) is 0.267. The molecule has 1 fully saturated rings. The van der Waals surface area contributed by atoms with E-state index in [4.69, 9.17) is 0 Å². The van der Waals surface area contributed by atoms with Crippen LogP contribution in [-0.4, -0.2) is 25.0 Å². The highest BCUT2D eigenvalue weighted by molar-refractivity contribution is 5.75. The molecule has 0 saturated heterocycles. The quantitative estimate of drug-likeness (QED) is 0.801. The predicted molar refractivity (Wildman–Crippen MR) is 75.7 cm³/mol. The van der Waals surface area contributed by atoms with Gasteiger partial charge in [-0.1, -0.05) is 5.21 Å². The van der Waals surface area contributed by atoms with Gasteiger partial charge in [-0.25, -0.2) is 9.37 Å². The molecule has 1 aliphatic rings. The molecule has 3 aromatic rings. The number of benzene rings is 1. The number of nitrogens with one attached hydrogen (secondary N) is 1. The Labute approximate surface area is 120 Å². The summed E-state index contributed by atoms with van der Waals surface area (Å²) in [4.78, 5) is 4.42. The minimum atomic E-state index is -0.266. The van der Waals surface area contributed by atoms with Crippen LogP contribution in [0.1, 0.15) is 12.8 Å². The Morgan fingerprint density at radius 3 is 2.81 bits per heavy atom. The average molecular weight is 283 g/mol. The van der Waals surface area contributed by atoms with Gasteiger partial charge in [0.1, 0.15) is 22.9 Å². The van der Waals surface area contributed by atoms with Crippen LogP contribution >= 0.6 is 0 Å². The van der Waals surface area contributed by atoms with E-state index in [2.05, 4.69) is 25.0 Å². The van der Waals surface area contributed by atoms with Crippen LogP contribution in [0.4, 0.5) is 4.39 Å². The summed E-state index contributed by atoms with van der Waals surface area (Å²) >= 11 is 0. The predicted octanol–water partition coefficient (Wildman–Crippen LogP) is 2.88. The maximum absolute atomic E-state index is 13.0. The second-order valence-electron chi connectivity index (χ2n) is 5.44. The lowest BCUT2D eigenvalue weighted by molar-refractivity contribution is 0.626. The Hall–Kier alpha value is -2.50. The van der Waals surface area contributed by atoms with Crippen molar-refractivity contribution in [2.75, 3.05) is 0 Å². The smallest absolute Gasteiger partial charge is 0.123 e. The highest BCUT2D eigenvalue weighted by Gasteiger charge is 2.22. The molecule has 1 aromatic carbocycles. The fourth-order valence-electron chi connectivity index (χ4n) is 2.40. The van der Waals surface area contributed by atoms with Gasteiger partial charge in [-0.15, -0.1) is 5.10 Å². The molecule has 21 heavy (non-hydrogen) atoms. The van der Waals surface area contributed by atoms with E-state index in [-0.39, 0.29) is 5.82 Å². The number of halogens is 1. The molecule has 0 aliphatic heterocycles. The van der Waals surface area contributed by atoms with Gasteiger partial charge in [0, 0.05) is 18.3 Å². The normalized spacial score (nSPS) is 14.5. The maximum Gasteiger partial charge on any atom is 0.123 e. The van der Waals surface area contributed by atoms with Crippen LogP contribution in [0.15, 0.2) is 36.8 Å². The molecule has 106 valence electrons. The molecular weight excluding hydrogens is 269 g/mol. The van der Waals surface area contributed by atoms with Gasteiger partial charge in [-0.05, 0) is 43.0 Å². The monoisotopic (exact) mass is 283 g/mol. The molecule has 5 nitrogen and oxygen atoms in total. The van der Waals surface area contributed by atoms with Crippen LogP contribution in [0.3, 0.4) is 0 Å². The number of hydrogen-bond acceptors (Lipinski definition) is 3. The van der Waals surface area contributed by atoms with E-state index in [1.165, 1.54) is 25.0 Å². The number of hydrogen-bond donors (Lipinski definition) is 1. The first-order chi connectivity index (χ1) is 10.3. The minimum absolute atomic E-state index is 0.266. The maximum atomic E-state index is 13.0. The lowest BCUT2D eigenvalue weighted by atomic mass is 10.1. The first-order valence-electron chi connectivity index (χ1n) is 6.99. The molecule has 0 bridgehead atoms. The Morgan fingerprint density at radius 1 is 1.24 bits per heavy atom. The molecule has 0 amide bonds. The summed E-state index contributed by atoms with van der Waals surface area (Å²) in [5.41, 5.74) is 3.07. The van der Waals surface area contributed by atoms with Crippen LogP contribution in [0.5, 0.6) is 0 Å². The second-order valence-corrected chi connectivity index (χ2v) is 5.44. The van der Waals surface area contributed by atoms with Gasteiger partial charge in [0.15, 0.2) is 0 Å². The third kappa shape index (κ3) is 2.44. The Kier molecular flexibility index (Phi) is 2.80. The van der Waals surface area contributed by atoms with Crippen LogP contribution in [0.2, 0.25) is 0 Å². The SMILES string of the molecule is Fc1ccc(-c2nn[nH]c2-c2cn(CC3CC3)cn2)cc1. The summed E-state index contributed by atoms with van der Waals surface area (Å²) in [7, 11) is 0. The van der Waals surface area contributed by atoms with Crippen molar-refractivity contribution in [2.24, 2.45) is 5.92 Å². The van der Waals surface area contributed by atoms with Gasteiger partial charge in [0.2, 0.25) is 0 Å². The lowest BCUT2D eigenvalue weighted by Crippen LogP contribution is -1.95. The third-order valence-corrected chi connectivity index (χ3v) is 3.72. The van der Waals surface area contributed by atoms with E-state index >= 15 is 0 Å². The zero-order valence-corrected chi connectivity index (χ0v) is 11.3. The van der Waals surface area contributed by atoms with Crippen LogP contribution in [0, 0.1) is 11.7 Å². The standard InChI is InChI=1S/C15H14FN5/c16-12-5-3-11(4-6-12)14-15(19-20-18-14)13-8-21(9-17-13)7-10-1-2-10/h3-6,8-10H,1-2,7H2,(H,18,19,20). The van der Waals surface area contributed by atoms with Crippen molar-refractivity contribution in [2.45, 2.75) is 19.4 Å². The summed E-state index contributed by atoms with van der Waals surface area (Å²) in [5.74, 6) is 0.529. The number of rotatable bonds is 4. The van der Waals surface area contributed by atoms with Gasteiger partial charge in [-0.2, -0.15) is 0 Å². The van der Waals surface area contributed by atoms with Crippen molar-refractivity contribution in [3.05, 3.63) is 42.6 Å². The van der Waals surface area contributed by atoms with Gasteiger partial charge in [-0.3, -0.25) is 5.10 Å². The van der Waals surface area contributed by atoms with Crippen molar-refractivity contribution >= 4 is 0 Å². The van der Waals surface area contributed by atoms with Gasteiger partial charge in [0.25, 0.3) is 0 Å². The highest BCUT2D eigenvalue weighted by atomic mass is 19.1. The fourth-order valence-corrected chi connectivity index (χ4v) is 2.40. The highest BCUT2D eigenvalue weighted by Crippen LogP contribution is 2.32. The number of nitrogens with zero attached hydrogens (tertiary/aromatic N) is 4. The molecule has 0 radical (unpaired) electrons. The average Bonchev–Trinajstić information content (AvgIpc) is 2.99. The number of imidazole rings is 1. The van der Waals surface area contributed by atoms with Crippen molar-refractivity contribution in [3.8, 4) is 22.6 Å². The summed E-state index contributed by atoms with van der Waals surface area (Å²) in [5, 5.41) is 10.8. The van der Waals surface area contributed by atoms with Crippen LogP contribution in [-0.2, 0) is 6.54 Å². The van der Waals surface area contributed by atoms with Gasteiger partial charge in [0.05, 0.1) is 6.33 Å². The Bertz CT molecular complexity index is 754. The molecule has 1 N–H and O–H groups in total. The van der Waals surface area contributed by atoms with E-state index in [1.807, 2.05) is 12.5 Å². The lowest BCUT2D eigenvalue weighted by Gasteiger charge is -1.99. The first-order valence-corrected chi connectivity index (χ1v) is 6.99. The second kappa shape index (κ2) is 4.80. The van der Waals surface area contributed by atoms with Gasteiger partial charge >= 0.3 is 0 Å². The molecule has 0 atom stereocenters. The number of aromatic nitrogens is 5. The molecule has 2 heterocycles. The van der Waals surface area contributed by atoms with E-state index in [0.717, 1.165) is 29.4 Å². The van der Waals surface area contributed by atoms with Crippen molar-refractivity contribution < 1.29 is 4.39 Å². The molecule has 1 aliphatic carbocycles. The molecule has 1 saturated carbocycles. The third-order valence-electron chi connectivity index (χ3n) is 3.72. The molecule has 4 rings (SSSR count). The first kappa shape index (κ1) is 12.3. The zero-order valence-electron chi connectivity index (χ0n) is 11.3. The van der Waals surface area contributed by atoms with E-state index in [9.17, 15) is 4.39 Å². The topological polar surface area (TPSA) is 59.4 Å². The summed E-state index contributed by atoms with van der Waals surface area (Å²) in [6, 6.07) is 6.22. The van der Waals surface area contributed by atoms with Crippen LogP contribution < -0.4 is 0 Å². The number of aromatic amines is 1. The Balaban J connectivity index is 1.67. The van der Waals surface area contributed by atoms with Crippen molar-refractivity contribution in [1.29, 1.82) is 0 Å². The van der Waals surface area contributed by atoms with E-state index in [1.54, 1.807) is 12.1 Å². The largest absolute Gasteiger partial charge is 0.336 e. The summed E-state index contributed by atoms with van der Waals surface area (Å²) in [6.45, 7) is 1.01. The van der Waals surface area contributed by atoms with E-state index < -0.39 is 0 Å². The molecule has 0 spiro atoms. The molecular formula is C15H14FN5. The van der Waals surface area contributed by atoms with Crippen LogP contribution in [0.25, 0.3) is 22.6 Å². The molecule has 2 aromatic heterocycles. The zero-order chi connectivity index (χ0) is 14.2. The molecule has 6 heteroatoms. The molecule has 0 unspecified atom stereocenters. The van der Waals surface area contributed by atoms with Gasteiger partial charge < -0.3 is 4.57 Å². The van der Waals surface area contributed by atoms with Crippen molar-refractivity contribution in [3.63, 3.8) is 0 Å². The van der Waals surface area contributed by atoms with E-state index in [0.29, 0.717) is 5.69 Å². The van der Waals surface area contributed by atoms with Crippen molar-refractivity contribution in [1.82, 2.24) is 25.0 Å². The summed E-state index contributed by atoms with van der Waals surface area (Å²) in [6.07, 6.45) is 6.45. The minimum Gasteiger partial charge on any atom is -0.336 e. The number of H-pyrrole nitrogens is 1. The summed E-state index contributed by atoms with van der Waals surface area (Å²) < 4.78 is 15.1. The Morgan fingerprint density at radius 2 is 2.05 bits per heavy atom.